The minimum absolute atomic E-state index is 0.204. The second kappa shape index (κ2) is 4.62. The molecular formula is C18H17O4P. The van der Waals surface area contributed by atoms with E-state index in [-0.39, 0.29) is 5.92 Å². The molecule has 5 heteroatoms. The average Bonchev–Trinajstić information content (AvgIpc) is 2.52. The molecule has 2 aliphatic carbocycles. The zero-order valence-corrected chi connectivity index (χ0v) is 13.5. The summed E-state index contributed by atoms with van der Waals surface area (Å²) in [6.07, 6.45) is 4.29. The van der Waals surface area contributed by atoms with Gasteiger partial charge in [-0.2, -0.15) is 0 Å². The van der Waals surface area contributed by atoms with Crippen LogP contribution in [0.3, 0.4) is 0 Å². The van der Waals surface area contributed by atoms with Crippen molar-refractivity contribution in [3.8, 4) is 11.5 Å². The van der Waals surface area contributed by atoms with Crippen LogP contribution in [0.1, 0.15) is 41.0 Å². The highest BCUT2D eigenvalue weighted by Gasteiger charge is 2.42. The first-order valence-corrected chi connectivity index (χ1v) is 9.57. The molecule has 118 valence electrons. The average molecular weight is 328 g/mol. The number of aryl methyl sites for hydroxylation is 2. The molecule has 3 aliphatic rings. The van der Waals surface area contributed by atoms with Gasteiger partial charge in [-0.05, 0) is 54.9 Å². The Morgan fingerprint density at radius 3 is 1.96 bits per heavy atom. The van der Waals surface area contributed by atoms with Gasteiger partial charge in [0.2, 0.25) is 0 Å². The van der Waals surface area contributed by atoms with Crippen molar-refractivity contribution in [3.63, 3.8) is 0 Å². The van der Waals surface area contributed by atoms with Crippen LogP contribution < -0.4 is 9.05 Å². The van der Waals surface area contributed by atoms with Crippen LogP contribution >= 0.6 is 7.82 Å². The minimum Gasteiger partial charge on any atom is -0.395 e. The molecule has 1 aliphatic heterocycles. The fourth-order valence-corrected chi connectivity index (χ4v) is 5.38. The lowest BCUT2D eigenvalue weighted by Crippen LogP contribution is -2.29. The third kappa shape index (κ3) is 1.98. The summed E-state index contributed by atoms with van der Waals surface area (Å²) >= 11 is 0. The van der Waals surface area contributed by atoms with E-state index in [1.54, 1.807) is 12.1 Å². The van der Waals surface area contributed by atoms with Gasteiger partial charge in [0.05, 0.1) is 0 Å². The van der Waals surface area contributed by atoms with Crippen molar-refractivity contribution in [3.05, 3.63) is 58.7 Å². The highest BCUT2D eigenvalue weighted by molar-refractivity contribution is 7.48. The number of phosphoric acid groups is 1. The maximum atomic E-state index is 12.4. The smallest absolute Gasteiger partial charge is 0.395 e. The van der Waals surface area contributed by atoms with Crippen molar-refractivity contribution >= 4 is 7.82 Å². The van der Waals surface area contributed by atoms with Gasteiger partial charge in [0, 0.05) is 17.0 Å². The molecule has 0 radical (unpaired) electrons. The lowest BCUT2D eigenvalue weighted by atomic mass is 9.65. The summed E-state index contributed by atoms with van der Waals surface area (Å²) in [5, 5.41) is 0. The molecule has 1 N–H and O–H groups in total. The Kier molecular flexibility index (Phi) is 2.74. The van der Waals surface area contributed by atoms with E-state index >= 15 is 0 Å². The van der Waals surface area contributed by atoms with Gasteiger partial charge in [-0.25, -0.2) is 4.57 Å². The lowest BCUT2D eigenvalue weighted by molar-refractivity contribution is 0.272. The Hall–Kier alpha value is -1.77. The fraction of sp³-hybridized carbons (Fsp3) is 0.333. The van der Waals surface area contributed by atoms with Gasteiger partial charge in [0.15, 0.2) is 0 Å². The molecule has 0 unspecified atom stereocenters. The van der Waals surface area contributed by atoms with Gasteiger partial charge in [0.25, 0.3) is 0 Å². The Balaban J connectivity index is 1.87. The number of hydrogen-bond acceptors (Lipinski definition) is 3. The van der Waals surface area contributed by atoms with Crippen LogP contribution in [-0.2, 0) is 17.4 Å². The molecule has 2 aromatic carbocycles. The maximum Gasteiger partial charge on any atom is 0.584 e. The first-order chi connectivity index (χ1) is 11.1. The van der Waals surface area contributed by atoms with E-state index in [1.807, 2.05) is 12.1 Å². The van der Waals surface area contributed by atoms with Crippen LogP contribution in [0.5, 0.6) is 11.5 Å². The predicted octanol–water partition coefficient (Wildman–Crippen LogP) is 4.20. The van der Waals surface area contributed by atoms with Crippen molar-refractivity contribution in [2.24, 2.45) is 5.92 Å². The number of hydrogen-bond donors (Lipinski definition) is 1. The molecule has 1 heterocycles. The van der Waals surface area contributed by atoms with Crippen molar-refractivity contribution in [2.75, 3.05) is 0 Å². The number of benzene rings is 2. The summed E-state index contributed by atoms with van der Waals surface area (Å²) in [5.41, 5.74) is 4.64. The molecule has 0 saturated heterocycles. The van der Waals surface area contributed by atoms with Gasteiger partial charge >= 0.3 is 7.82 Å². The molecular weight excluding hydrogens is 311 g/mol. The Morgan fingerprint density at radius 2 is 1.43 bits per heavy atom. The first kappa shape index (κ1) is 13.6. The summed E-state index contributed by atoms with van der Waals surface area (Å²) in [5.74, 6) is 1.76. The molecule has 0 spiro atoms. The van der Waals surface area contributed by atoms with Gasteiger partial charge in [0.1, 0.15) is 11.5 Å². The molecule has 0 aromatic heterocycles. The molecule has 4 nitrogen and oxygen atoms in total. The number of rotatable bonds is 0. The lowest BCUT2D eigenvalue weighted by Gasteiger charge is -2.41. The van der Waals surface area contributed by atoms with Crippen LogP contribution in [0, 0.1) is 5.92 Å². The van der Waals surface area contributed by atoms with Crippen molar-refractivity contribution in [1.82, 2.24) is 0 Å². The van der Waals surface area contributed by atoms with E-state index in [4.69, 9.17) is 9.05 Å². The van der Waals surface area contributed by atoms with Crippen LogP contribution in [0.15, 0.2) is 36.4 Å². The second-order valence-corrected chi connectivity index (χ2v) is 7.93. The highest BCUT2D eigenvalue weighted by Crippen LogP contribution is 2.58. The van der Waals surface area contributed by atoms with Crippen LogP contribution in [-0.4, -0.2) is 4.89 Å². The summed E-state index contributed by atoms with van der Waals surface area (Å²) < 4.78 is 23.2. The van der Waals surface area contributed by atoms with Gasteiger partial charge in [-0.3, -0.25) is 4.89 Å². The third-order valence-corrected chi connectivity index (χ3v) is 6.26. The monoisotopic (exact) mass is 328 g/mol. The van der Waals surface area contributed by atoms with E-state index in [0.29, 0.717) is 17.4 Å². The molecule has 0 bridgehead atoms. The molecule has 0 saturated carbocycles. The zero-order chi connectivity index (χ0) is 15.6. The predicted molar refractivity (Wildman–Crippen MR) is 85.9 cm³/mol. The third-order valence-electron chi connectivity index (χ3n) is 5.40. The Labute approximate surface area is 134 Å². The highest BCUT2D eigenvalue weighted by atomic mass is 31.2. The Bertz CT molecular complexity index is 795. The van der Waals surface area contributed by atoms with Crippen LogP contribution in [0.4, 0.5) is 0 Å². The SMILES string of the molecule is O=P1(O)Oc2cccc3c2C2c4c(cccc4O1)CCC2CC3. The maximum absolute atomic E-state index is 12.4. The summed E-state index contributed by atoms with van der Waals surface area (Å²) in [4.78, 5) is 10.1. The van der Waals surface area contributed by atoms with Gasteiger partial charge in [-0.1, -0.05) is 24.3 Å². The first-order valence-electron chi connectivity index (χ1n) is 8.08. The van der Waals surface area contributed by atoms with E-state index in [9.17, 15) is 9.46 Å². The minimum atomic E-state index is -4.17. The standard InChI is InChI=1S/C18H17O4P/c19-23(20)21-14-5-1-3-11-7-9-13-10-8-12-4-2-6-15(22-23)17(12)18(13)16(11)14/h1-6,13,18H,7-10H2,(H,19,20). The van der Waals surface area contributed by atoms with Crippen LogP contribution in [0.2, 0.25) is 0 Å². The van der Waals surface area contributed by atoms with E-state index in [2.05, 4.69) is 12.1 Å². The fourth-order valence-electron chi connectivity index (χ4n) is 4.52. The zero-order valence-electron chi connectivity index (χ0n) is 12.6. The van der Waals surface area contributed by atoms with Crippen LogP contribution in [0.25, 0.3) is 0 Å². The molecule has 5 rings (SSSR count). The quantitative estimate of drug-likeness (QED) is 0.737. The number of phosphoric ester groups is 1. The molecule has 0 fully saturated rings. The van der Waals surface area contributed by atoms with Gasteiger partial charge in [-0.15, -0.1) is 0 Å². The van der Waals surface area contributed by atoms with E-state index in [1.165, 1.54) is 11.1 Å². The molecule has 0 atom stereocenters. The van der Waals surface area contributed by atoms with E-state index < -0.39 is 7.82 Å². The van der Waals surface area contributed by atoms with Crippen molar-refractivity contribution in [2.45, 2.75) is 31.6 Å². The summed E-state index contributed by atoms with van der Waals surface area (Å²) in [7, 11) is -4.17. The second-order valence-electron chi connectivity index (χ2n) is 6.62. The summed E-state index contributed by atoms with van der Waals surface area (Å²) in [6.45, 7) is 0. The van der Waals surface area contributed by atoms with Crippen molar-refractivity contribution in [1.29, 1.82) is 0 Å². The normalized spacial score (nSPS) is 30.3. The Morgan fingerprint density at radius 1 is 0.913 bits per heavy atom. The molecule has 0 amide bonds. The van der Waals surface area contributed by atoms with E-state index in [0.717, 1.165) is 36.8 Å². The molecule has 23 heavy (non-hydrogen) atoms. The van der Waals surface area contributed by atoms with Crippen molar-refractivity contribution < 1.29 is 18.5 Å². The topological polar surface area (TPSA) is 55.8 Å². The molecule has 2 aromatic rings. The summed E-state index contributed by atoms with van der Waals surface area (Å²) in [6, 6.07) is 11.6. The van der Waals surface area contributed by atoms with Gasteiger partial charge < -0.3 is 9.05 Å². The largest absolute Gasteiger partial charge is 0.584 e.